The number of likely N-dealkylation sites (tertiary alicyclic amines) is 1. The van der Waals surface area contributed by atoms with Crippen molar-refractivity contribution in [2.24, 2.45) is 23.7 Å². The zero-order chi connectivity index (χ0) is 28.4. The molecule has 4 saturated heterocycles. The summed E-state index contributed by atoms with van der Waals surface area (Å²) in [5.41, 5.74) is 1.00. The highest BCUT2D eigenvalue weighted by Crippen LogP contribution is 2.68. The summed E-state index contributed by atoms with van der Waals surface area (Å²) in [6.07, 6.45) is 1.56. The Labute approximate surface area is 241 Å². The van der Waals surface area contributed by atoms with E-state index in [1.165, 1.54) is 0 Å². The molecule has 4 fully saturated rings. The van der Waals surface area contributed by atoms with Crippen molar-refractivity contribution in [1.29, 1.82) is 0 Å². The number of aliphatic hydroxyl groups excluding tert-OH is 1. The Bertz CT molecular complexity index is 1070. The number of amides is 3. The van der Waals surface area contributed by atoms with E-state index in [2.05, 4.69) is 22.5 Å². The molecule has 1 aromatic carbocycles. The summed E-state index contributed by atoms with van der Waals surface area (Å²) in [7, 11) is 0. The molecule has 4 aliphatic rings. The van der Waals surface area contributed by atoms with Crippen LogP contribution in [0.4, 0.5) is 0 Å². The number of thioether (sulfide) groups is 1. The predicted octanol–water partition coefficient (Wildman–Crippen LogP) is 1.50. The summed E-state index contributed by atoms with van der Waals surface area (Å²) < 4.78 is 4.74. The molecule has 3 N–H and O–H groups in total. The minimum atomic E-state index is -0.724. The standard InChI is InChI=1S/C30H44N4O5S/c1-4-19(2)22(18-35)34-26(28(37)31-10-11-33-12-14-39-15-13-33)30-20(3)16-23(40-30)24(25(30)29(34)38)27(36)32-17-21-8-6-5-7-9-21/h5-9,19-20,22-26,35H,4,10-18H2,1-3H3,(H,31,37)(H,32,36)/t19-,20?,22-,23-,24+,25-,26?,30?/m0/s1. The van der Waals surface area contributed by atoms with Gasteiger partial charge in [0.1, 0.15) is 6.04 Å². The van der Waals surface area contributed by atoms with Crippen molar-refractivity contribution < 1.29 is 24.2 Å². The van der Waals surface area contributed by atoms with Gasteiger partial charge in [0.05, 0.1) is 42.4 Å². The molecule has 5 rings (SSSR count). The van der Waals surface area contributed by atoms with Crippen LogP contribution < -0.4 is 10.6 Å². The fourth-order valence-electron chi connectivity index (χ4n) is 7.39. The quantitative estimate of drug-likeness (QED) is 0.369. The van der Waals surface area contributed by atoms with Gasteiger partial charge in [-0.3, -0.25) is 19.3 Å². The molecule has 3 amide bonds. The molecule has 8 atom stereocenters. The van der Waals surface area contributed by atoms with E-state index in [1.807, 2.05) is 44.2 Å². The van der Waals surface area contributed by atoms with Gasteiger partial charge in [-0.1, -0.05) is 57.5 Å². The number of aliphatic hydroxyl groups is 1. The van der Waals surface area contributed by atoms with E-state index in [9.17, 15) is 19.5 Å². The highest BCUT2D eigenvalue weighted by Gasteiger charge is 2.76. The van der Waals surface area contributed by atoms with Gasteiger partial charge in [0, 0.05) is 38.0 Å². The summed E-state index contributed by atoms with van der Waals surface area (Å²) in [6, 6.07) is 8.56. The number of fused-ring (bicyclic) bond motifs is 1. The molecule has 1 spiro atoms. The number of ether oxygens (including phenoxy) is 1. The Kier molecular flexibility index (Phi) is 9.09. The van der Waals surface area contributed by atoms with Crippen molar-refractivity contribution >= 4 is 29.5 Å². The molecular formula is C30H44N4O5S. The normalized spacial score (nSPS) is 33.0. The molecule has 220 valence electrons. The molecule has 9 nitrogen and oxygen atoms in total. The summed E-state index contributed by atoms with van der Waals surface area (Å²) in [5.74, 6) is -1.43. The lowest BCUT2D eigenvalue weighted by atomic mass is 9.66. The van der Waals surface area contributed by atoms with Crippen molar-refractivity contribution in [3.05, 3.63) is 35.9 Å². The summed E-state index contributed by atoms with van der Waals surface area (Å²) in [6.45, 7) is 10.6. The van der Waals surface area contributed by atoms with Crippen LogP contribution in [0, 0.1) is 23.7 Å². The van der Waals surface area contributed by atoms with E-state index in [4.69, 9.17) is 4.74 Å². The Hall–Kier alpha value is -2.14. The van der Waals surface area contributed by atoms with E-state index >= 15 is 0 Å². The molecule has 2 bridgehead atoms. The van der Waals surface area contributed by atoms with Crippen LogP contribution in [0.1, 0.15) is 39.2 Å². The van der Waals surface area contributed by atoms with Crippen molar-refractivity contribution in [1.82, 2.24) is 20.4 Å². The number of nitrogens with one attached hydrogen (secondary N) is 2. The second-order valence-corrected chi connectivity index (χ2v) is 13.4. The predicted molar refractivity (Wildman–Crippen MR) is 154 cm³/mol. The Balaban J connectivity index is 1.41. The van der Waals surface area contributed by atoms with Gasteiger partial charge in [-0.2, -0.15) is 0 Å². The van der Waals surface area contributed by atoms with Crippen LogP contribution in [-0.4, -0.2) is 101 Å². The molecule has 3 unspecified atom stereocenters. The maximum absolute atomic E-state index is 14.4. The second-order valence-electron chi connectivity index (χ2n) is 11.9. The van der Waals surface area contributed by atoms with Crippen LogP contribution in [0.2, 0.25) is 0 Å². The van der Waals surface area contributed by atoms with Crippen LogP contribution >= 0.6 is 11.8 Å². The number of hydrogen-bond acceptors (Lipinski definition) is 7. The van der Waals surface area contributed by atoms with Gasteiger partial charge in [-0.15, -0.1) is 11.8 Å². The highest BCUT2D eigenvalue weighted by molar-refractivity contribution is 8.02. The molecule has 0 radical (unpaired) electrons. The monoisotopic (exact) mass is 572 g/mol. The number of hydrogen-bond donors (Lipinski definition) is 3. The van der Waals surface area contributed by atoms with E-state index in [-0.39, 0.29) is 41.4 Å². The van der Waals surface area contributed by atoms with E-state index in [0.29, 0.717) is 26.3 Å². The maximum atomic E-state index is 14.4. The number of benzene rings is 1. The molecule has 0 aliphatic carbocycles. The van der Waals surface area contributed by atoms with Crippen LogP contribution in [0.3, 0.4) is 0 Å². The topological polar surface area (TPSA) is 111 Å². The zero-order valence-corrected chi connectivity index (χ0v) is 24.7. The van der Waals surface area contributed by atoms with Crippen LogP contribution in [-0.2, 0) is 25.7 Å². The number of carbonyl (C=O) groups is 3. The van der Waals surface area contributed by atoms with Gasteiger partial charge >= 0.3 is 0 Å². The van der Waals surface area contributed by atoms with E-state index in [1.54, 1.807) is 16.7 Å². The molecular weight excluding hydrogens is 528 g/mol. The van der Waals surface area contributed by atoms with Crippen LogP contribution in [0.25, 0.3) is 0 Å². The molecule has 10 heteroatoms. The number of rotatable bonds is 11. The Morgan fingerprint density at radius 1 is 1.18 bits per heavy atom. The first-order valence-corrected chi connectivity index (χ1v) is 15.7. The van der Waals surface area contributed by atoms with Gasteiger partial charge in [0.15, 0.2) is 0 Å². The largest absolute Gasteiger partial charge is 0.394 e. The molecule has 4 heterocycles. The average molecular weight is 573 g/mol. The molecule has 0 saturated carbocycles. The van der Waals surface area contributed by atoms with E-state index in [0.717, 1.165) is 38.0 Å². The SMILES string of the molecule is CC[C@H](C)[C@H](CO)N1C(=O)[C@@H]2[C@H](C(=O)NCc3ccccc3)[C@@H]3CC(C)C2(S3)C1C(=O)NCCN1CCOCC1. The zero-order valence-electron chi connectivity index (χ0n) is 23.9. The smallest absolute Gasteiger partial charge is 0.244 e. The third-order valence-corrected chi connectivity index (χ3v) is 11.8. The first kappa shape index (κ1) is 29.4. The van der Waals surface area contributed by atoms with Crippen molar-refractivity contribution in [3.8, 4) is 0 Å². The second kappa shape index (κ2) is 12.4. The summed E-state index contributed by atoms with van der Waals surface area (Å²) in [5, 5.41) is 16.7. The van der Waals surface area contributed by atoms with Gasteiger partial charge in [0.2, 0.25) is 17.7 Å². The first-order chi connectivity index (χ1) is 19.3. The highest BCUT2D eigenvalue weighted by atomic mass is 32.2. The lowest BCUT2D eigenvalue weighted by molar-refractivity contribution is -0.144. The minimum absolute atomic E-state index is 0.00990. The number of nitrogens with zero attached hydrogens (tertiary/aromatic N) is 2. The van der Waals surface area contributed by atoms with Gasteiger partial charge in [-0.25, -0.2) is 0 Å². The van der Waals surface area contributed by atoms with Gasteiger partial charge in [-0.05, 0) is 23.8 Å². The molecule has 40 heavy (non-hydrogen) atoms. The maximum Gasteiger partial charge on any atom is 0.244 e. The lowest BCUT2D eigenvalue weighted by Crippen LogP contribution is -2.60. The number of carbonyl (C=O) groups excluding carboxylic acids is 3. The average Bonchev–Trinajstić information content (AvgIpc) is 3.57. The summed E-state index contributed by atoms with van der Waals surface area (Å²) in [4.78, 5) is 46.1. The van der Waals surface area contributed by atoms with Gasteiger partial charge in [0.25, 0.3) is 0 Å². The Morgan fingerprint density at radius 3 is 2.58 bits per heavy atom. The van der Waals surface area contributed by atoms with Crippen molar-refractivity contribution in [2.45, 2.75) is 62.2 Å². The minimum Gasteiger partial charge on any atom is -0.394 e. The fraction of sp³-hybridized carbons (Fsp3) is 0.700. The van der Waals surface area contributed by atoms with Crippen LogP contribution in [0.5, 0.6) is 0 Å². The first-order valence-electron chi connectivity index (χ1n) is 14.8. The number of morpholine rings is 1. The fourth-order valence-corrected chi connectivity index (χ4v) is 9.80. The third kappa shape index (κ3) is 5.16. The third-order valence-electron chi connectivity index (χ3n) is 9.72. The van der Waals surface area contributed by atoms with Crippen molar-refractivity contribution in [3.63, 3.8) is 0 Å². The van der Waals surface area contributed by atoms with E-state index < -0.39 is 28.7 Å². The summed E-state index contributed by atoms with van der Waals surface area (Å²) >= 11 is 1.68. The van der Waals surface area contributed by atoms with Crippen LogP contribution in [0.15, 0.2) is 30.3 Å². The molecule has 0 aromatic heterocycles. The lowest BCUT2D eigenvalue weighted by Gasteiger charge is -2.41. The van der Waals surface area contributed by atoms with Gasteiger partial charge < -0.3 is 25.4 Å². The van der Waals surface area contributed by atoms with Crippen molar-refractivity contribution in [2.75, 3.05) is 46.0 Å². The molecule has 4 aliphatic heterocycles. The molecule has 1 aromatic rings. The Morgan fingerprint density at radius 2 is 1.90 bits per heavy atom.